The van der Waals surface area contributed by atoms with Crippen molar-refractivity contribution in [3.63, 3.8) is 0 Å². The molecule has 0 spiro atoms. The highest BCUT2D eigenvalue weighted by atomic mass is 35.5. The van der Waals surface area contributed by atoms with Gasteiger partial charge in [0.2, 0.25) is 0 Å². The molecular formula is C22H17Cl2N3O3. The summed E-state index contributed by atoms with van der Waals surface area (Å²) in [5.41, 5.74) is 4.14. The molecule has 3 aromatic rings. The van der Waals surface area contributed by atoms with Crippen molar-refractivity contribution in [3.05, 3.63) is 94.0 Å². The van der Waals surface area contributed by atoms with E-state index in [-0.39, 0.29) is 15.7 Å². The highest BCUT2D eigenvalue weighted by Crippen LogP contribution is 2.29. The predicted octanol–water partition coefficient (Wildman–Crippen LogP) is 4.66. The predicted molar refractivity (Wildman–Crippen MR) is 118 cm³/mol. The van der Waals surface area contributed by atoms with E-state index in [4.69, 9.17) is 27.9 Å². The van der Waals surface area contributed by atoms with Crippen molar-refractivity contribution in [3.8, 4) is 5.75 Å². The van der Waals surface area contributed by atoms with Crippen LogP contribution in [0.4, 0.5) is 5.69 Å². The van der Waals surface area contributed by atoms with Gasteiger partial charge in [0.15, 0.2) is 0 Å². The third-order valence-electron chi connectivity index (χ3n) is 3.89. The average molecular weight is 442 g/mol. The fourth-order valence-corrected chi connectivity index (χ4v) is 2.77. The topological polar surface area (TPSA) is 79.8 Å². The molecule has 3 rings (SSSR count). The lowest BCUT2D eigenvalue weighted by atomic mass is 10.2. The van der Waals surface area contributed by atoms with Gasteiger partial charge in [0.25, 0.3) is 0 Å². The van der Waals surface area contributed by atoms with Gasteiger partial charge in [-0.05, 0) is 35.4 Å². The third-order valence-corrected chi connectivity index (χ3v) is 4.71. The number of ether oxygens (including phenoxy) is 1. The summed E-state index contributed by atoms with van der Waals surface area (Å²) in [5.74, 6) is -1.21. The molecule has 0 aliphatic carbocycles. The second kappa shape index (κ2) is 10.4. The van der Waals surface area contributed by atoms with Crippen molar-refractivity contribution < 1.29 is 14.3 Å². The SMILES string of the molecule is O=C(N/N=C\c1cccc(OCc2ccccc2)c1)C(=O)Nc1cccc(Cl)c1Cl. The van der Waals surface area contributed by atoms with Crippen molar-refractivity contribution in [1.82, 2.24) is 5.43 Å². The van der Waals surface area contributed by atoms with E-state index in [1.807, 2.05) is 36.4 Å². The second-order valence-corrected chi connectivity index (χ2v) is 6.89. The summed E-state index contributed by atoms with van der Waals surface area (Å²) in [6.07, 6.45) is 1.41. The minimum Gasteiger partial charge on any atom is -0.489 e. The first-order valence-electron chi connectivity index (χ1n) is 8.88. The van der Waals surface area contributed by atoms with Crippen LogP contribution in [0.1, 0.15) is 11.1 Å². The summed E-state index contributed by atoms with van der Waals surface area (Å²) in [5, 5.41) is 6.60. The lowest BCUT2D eigenvalue weighted by Gasteiger charge is -2.07. The largest absolute Gasteiger partial charge is 0.489 e. The Balaban J connectivity index is 1.53. The van der Waals surface area contributed by atoms with Crippen LogP contribution in [0.2, 0.25) is 10.0 Å². The Morgan fingerprint density at radius 2 is 1.70 bits per heavy atom. The third kappa shape index (κ3) is 6.07. The number of hydrazone groups is 1. The molecule has 0 heterocycles. The molecule has 152 valence electrons. The Labute approximate surface area is 183 Å². The summed E-state index contributed by atoms with van der Waals surface area (Å²) < 4.78 is 5.75. The first kappa shape index (κ1) is 21.4. The molecule has 8 heteroatoms. The number of nitrogens with one attached hydrogen (secondary N) is 2. The zero-order chi connectivity index (χ0) is 21.3. The van der Waals surface area contributed by atoms with Crippen LogP contribution in [0.25, 0.3) is 0 Å². The van der Waals surface area contributed by atoms with Gasteiger partial charge in [-0.15, -0.1) is 0 Å². The van der Waals surface area contributed by atoms with Gasteiger partial charge >= 0.3 is 11.8 Å². The van der Waals surface area contributed by atoms with Gasteiger partial charge in [-0.1, -0.05) is 71.7 Å². The smallest absolute Gasteiger partial charge is 0.329 e. The first-order chi connectivity index (χ1) is 14.5. The van der Waals surface area contributed by atoms with Crippen molar-refractivity contribution in [2.75, 3.05) is 5.32 Å². The number of rotatable bonds is 6. The molecule has 30 heavy (non-hydrogen) atoms. The van der Waals surface area contributed by atoms with E-state index in [0.29, 0.717) is 17.9 Å². The lowest BCUT2D eigenvalue weighted by Crippen LogP contribution is -2.32. The van der Waals surface area contributed by atoms with Crippen molar-refractivity contribution >= 4 is 46.9 Å². The van der Waals surface area contributed by atoms with Crippen LogP contribution in [0.15, 0.2) is 77.9 Å². The Morgan fingerprint density at radius 3 is 2.50 bits per heavy atom. The van der Waals surface area contributed by atoms with E-state index < -0.39 is 11.8 Å². The molecule has 0 atom stereocenters. The number of hydrogen-bond acceptors (Lipinski definition) is 4. The van der Waals surface area contributed by atoms with Crippen LogP contribution < -0.4 is 15.5 Å². The second-order valence-electron chi connectivity index (χ2n) is 6.10. The zero-order valence-corrected chi connectivity index (χ0v) is 17.2. The van der Waals surface area contributed by atoms with Crippen molar-refractivity contribution in [2.45, 2.75) is 6.61 Å². The number of hydrogen-bond donors (Lipinski definition) is 2. The van der Waals surface area contributed by atoms with Gasteiger partial charge in [-0.2, -0.15) is 5.10 Å². The normalized spacial score (nSPS) is 10.6. The molecule has 0 fully saturated rings. The highest BCUT2D eigenvalue weighted by molar-refractivity contribution is 6.45. The van der Waals surface area contributed by atoms with Crippen LogP contribution in [0.5, 0.6) is 5.75 Å². The maximum Gasteiger partial charge on any atom is 0.329 e. The van der Waals surface area contributed by atoms with E-state index in [9.17, 15) is 9.59 Å². The van der Waals surface area contributed by atoms with Crippen molar-refractivity contribution in [2.24, 2.45) is 5.10 Å². The van der Waals surface area contributed by atoms with Crippen LogP contribution >= 0.6 is 23.2 Å². The summed E-state index contributed by atoms with van der Waals surface area (Å²) in [6, 6.07) is 21.7. The van der Waals surface area contributed by atoms with Gasteiger partial charge in [0.1, 0.15) is 12.4 Å². The Kier molecular flexibility index (Phi) is 7.43. The fourth-order valence-electron chi connectivity index (χ4n) is 2.42. The van der Waals surface area contributed by atoms with Crippen LogP contribution in [-0.4, -0.2) is 18.0 Å². The molecular weight excluding hydrogens is 425 g/mol. The standard InChI is InChI=1S/C22H17Cl2N3O3/c23-18-10-5-11-19(20(18)24)26-21(28)22(29)27-25-13-16-8-4-9-17(12-16)30-14-15-6-2-1-3-7-15/h1-13H,14H2,(H,26,28)(H,27,29)/b25-13-. The molecule has 0 saturated carbocycles. The summed E-state index contributed by atoms with van der Waals surface area (Å²) >= 11 is 11.9. The summed E-state index contributed by atoms with van der Waals surface area (Å²) in [7, 11) is 0. The van der Waals surface area contributed by atoms with Gasteiger partial charge in [-0.3, -0.25) is 9.59 Å². The molecule has 2 N–H and O–H groups in total. The number of anilines is 1. The average Bonchev–Trinajstić information content (AvgIpc) is 2.76. The van der Waals surface area contributed by atoms with Gasteiger partial charge in [0, 0.05) is 0 Å². The van der Waals surface area contributed by atoms with Gasteiger partial charge in [-0.25, -0.2) is 5.43 Å². The van der Waals surface area contributed by atoms with E-state index in [1.165, 1.54) is 12.3 Å². The minimum absolute atomic E-state index is 0.149. The summed E-state index contributed by atoms with van der Waals surface area (Å²) in [6.45, 7) is 0.435. The number of amides is 2. The molecule has 0 aromatic heterocycles. The molecule has 0 radical (unpaired) electrons. The molecule has 0 unspecified atom stereocenters. The van der Waals surface area contributed by atoms with E-state index in [1.54, 1.807) is 30.3 Å². The zero-order valence-electron chi connectivity index (χ0n) is 15.6. The number of benzene rings is 3. The van der Waals surface area contributed by atoms with Gasteiger partial charge in [0.05, 0.1) is 21.9 Å². The Morgan fingerprint density at radius 1 is 0.933 bits per heavy atom. The maximum atomic E-state index is 12.0. The number of nitrogens with zero attached hydrogens (tertiary/aromatic N) is 1. The molecule has 0 bridgehead atoms. The molecule has 0 saturated heterocycles. The number of halogens is 2. The molecule has 0 aliphatic rings. The summed E-state index contributed by atoms with van der Waals surface area (Å²) in [4.78, 5) is 23.9. The number of carbonyl (C=O) groups excluding carboxylic acids is 2. The molecule has 3 aromatic carbocycles. The number of carbonyl (C=O) groups is 2. The molecule has 6 nitrogen and oxygen atoms in total. The van der Waals surface area contributed by atoms with Crippen LogP contribution in [0.3, 0.4) is 0 Å². The van der Waals surface area contributed by atoms with E-state index >= 15 is 0 Å². The van der Waals surface area contributed by atoms with Crippen LogP contribution in [0, 0.1) is 0 Å². The van der Waals surface area contributed by atoms with E-state index in [2.05, 4.69) is 15.8 Å². The van der Waals surface area contributed by atoms with Crippen LogP contribution in [-0.2, 0) is 16.2 Å². The minimum atomic E-state index is -0.946. The molecule has 0 aliphatic heterocycles. The Hall–Kier alpha value is -3.35. The maximum absolute atomic E-state index is 12.0. The molecule has 2 amide bonds. The van der Waals surface area contributed by atoms with Crippen molar-refractivity contribution in [1.29, 1.82) is 0 Å². The fraction of sp³-hybridized carbons (Fsp3) is 0.0455. The quantitative estimate of drug-likeness (QED) is 0.331. The lowest BCUT2D eigenvalue weighted by molar-refractivity contribution is -0.136. The first-order valence-corrected chi connectivity index (χ1v) is 9.64. The highest BCUT2D eigenvalue weighted by Gasteiger charge is 2.15. The Bertz CT molecular complexity index is 1070. The monoisotopic (exact) mass is 441 g/mol. The van der Waals surface area contributed by atoms with E-state index in [0.717, 1.165) is 5.56 Å². The van der Waals surface area contributed by atoms with Gasteiger partial charge < -0.3 is 10.1 Å².